The fourth-order valence-corrected chi connectivity index (χ4v) is 4.31. The molecule has 0 aliphatic rings. The second-order valence-electron chi connectivity index (χ2n) is 7.65. The molecule has 7 nitrogen and oxygen atoms in total. The van der Waals surface area contributed by atoms with Crippen LogP contribution in [0.15, 0.2) is 95.5 Å². The van der Waals surface area contributed by atoms with Gasteiger partial charge in [-0.2, -0.15) is 10.4 Å². The third-order valence-electron chi connectivity index (χ3n) is 5.20. The van der Waals surface area contributed by atoms with Crippen molar-refractivity contribution in [2.75, 3.05) is 0 Å². The molecule has 1 N–H and O–H groups in total. The number of hydrogen-bond acceptors (Lipinski definition) is 6. The zero-order valence-electron chi connectivity index (χ0n) is 18.5. The molecule has 2 heterocycles. The summed E-state index contributed by atoms with van der Waals surface area (Å²) < 4.78 is 7.69. The molecule has 8 heteroatoms. The third-order valence-corrected chi connectivity index (χ3v) is 6.09. The molecule has 0 radical (unpaired) electrons. The topological polar surface area (TPSA) is 91.8 Å². The SMILES string of the molecule is N#Cc1ccc(-c2cn3c(CC(=O)N/N=C/c4ccc(Oc5ccccc5)cc4)csc3n2)cc1. The Morgan fingerprint density at radius 3 is 2.54 bits per heavy atom. The average Bonchev–Trinajstić information content (AvgIpc) is 3.48. The van der Waals surface area contributed by atoms with Gasteiger partial charge in [-0.25, -0.2) is 10.4 Å². The minimum absolute atomic E-state index is 0.171. The van der Waals surface area contributed by atoms with E-state index in [0.717, 1.165) is 39.0 Å². The van der Waals surface area contributed by atoms with Crippen LogP contribution in [-0.4, -0.2) is 21.5 Å². The quantitative estimate of drug-likeness (QED) is 0.250. The normalized spacial score (nSPS) is 10.9. The highest BCUT2D eigenvalue weighted by Crippen LogP contribution is 2.24. The van der Waals surface area contributed by atoms with E-state index in [-0.39, 0.29) is 12.3 Å². The molecular weight excluding hydrogens is 458 g/mol. The first-order chi connectivity index (χ1) is 17.2. The fourth-order valence-electron chi connectivity index (χ4n) is 3.44. The Labute approximate surface area is 205 Å². The molecule has 0 spiro atoms. The van der Waals surface area contributed by atoms with E-state index in [1.807, 2.05) is 82.7 Å². The van der Waals surface area contributed by atoms with E-state index in [9.17, 15) is 4.79 Å². The lowest BCUT2D eigenvalue weighted by Gasteiger charge is -2.05. The fraction of sp³-hybridized carbons (Fsp3) is 0.0370. The van der Waals surface area contributed by atoms with Gasteiger partial charge in [-0.05, 0) is 54.1 Å². The van der Waals surface area contributed by atoms with Gasteiger partial charge in [0, 0.05) is 22.8 Å². The van der Waals surface area contributed by atoms with E-state index < -0.39 is 0 Å². The number of carbonyl (C=O) groups is 1. The van der Waals surface area contributed by atoms with Gasteiger partial charge in [0.1, 0.15) is 11.5 Å². The van der Waals surface area contributed by atoms with Gasteiger partial charge in [0.15, 0.2) is 4.96 Å². The molecule has 0 bridgehead atoms. The molecule has 2 aromatic heterocycles. The average molecular weight is 478 g/mol. The number of benzene rings is 3. The summed E-state index contributed by atoms with van der Waals surface area (Å²) in [7, 11) is 0. The maximum Gasteiger partial charge on any atom is 0.246 e. The molecule has 0 fully saturated rings. The van der Waals surface area contributed by atoms with Crippen LogP contribution in [0.25, 0.3) is 16.2 Å². The van der Waals surface area contributed by atoms with Gasteiger partial charge in [0.25, 0.3) is 0 Å². The molecule has 5 aromatic rings. The highest BCUT2D eigenvalue weighted by atomic mass is 32.1. The largest absolute Gasteiger partial charge is 0.457 e. The maximum atomic E-state index is 12.4. The molecule has 0 unspecified atom stereocenters. The Kier molecular flexibility index (Phi) is 6.33. The molecule has 170 valence electrons. The first-order valence-corrected chi connectivity index (χ1v) is 11.7. The Balaban J connectivity index is 1.19. The van der Waals surface area contributed by atoms with Crippen molar-refractivity contribution in [2.24, 2.45) is 5.10 Å². The highest BCUT2D eigenvalue weighted by Gasteiger charge is 2.12. The number of rotatable bonds is 7. The second kappa shape index (κ2) is 10.0. The Morgan fingerprint density at radius 2 is 1.80 bits per heavy atom. The van der Waals surface area contributed by atoms with E-state index in [2.05, 4.69) is 21.6 Å². The molecule has 1 amide bonds. The van der Waals surface area contributed by atoms with E-state index in [1.54, 1.807) is 18.3 Å². The first-order valence-electron chi connectivity index (χ1n) is 10.8. The van der Waals surface area contributed by atoms with E-state index in [4.69, 9.17) is 10.00 Å². The molecule has 35 heavy (non-hydrogen) atoms. The number of thiazole rings is 1. The Bertz CT molecular complexity index is 1530. The highest BCUT2D eigenvalue weighted by molar-refractivity contribution is 7.15. The van der Waals surface area contributed by atoms with Crippen LogP contribution in [0.2, 0.25) is 0 Å². The first kappa shape index (κ1) is 22.1. The molecule has 5 rings (SSSR count). The molecule has 0 saturated carbocycles. The van der Waals surface area contributed by atoms with Crippen molar-refractivity contribution in [2.45, 2.75) is 6.42 Å². The van der Waals surface area contributed by atoms with E-state index in [0.29, 0.717) is 5.56 Å². The predicted molar refractivity (Wildman–Crippen MR) is 136 cm³/mol. The number of carbonyl (C=O) groups excluding carboxylic acids is 1. The molecule has 0 saturated heterocycles. The second-order valence-corrected chi connectivity index (χ2v) is 8.49. The van der Waals surface area contributed by atoms with Gasteiger partial charge in [-0.3, -0.25) is 9.20 Å². The van der Waals surface area contributed by atoms with E-state index >= 15 is 0 Å². The third kappa shape index (κ3) is 5.27. The summed E-state index contributed by atoms with van der Waals surface area (Å²) >= 11 is 1.47. The van der Waals surface area contributed by atoms with Gasteiger partial charge in [-0.1, -0.05) is 30.3 Å². The number of imidazole rings is 1. The van der Waals surface area contributed by atoms with Crippen molar-refractivity contribution >= 4 is 28.4 Å². The number of hydrazone groups is 1. The standard InChI is InChI=1S/C27H19N5O2S/c28-15-19-6-10-21(11-7-19)25-17-32-22(18-35-27(32)30-25)14-26(33)31-29-16-20-8-12-24(13-9-20)34-23-4-2-1-3-5-23/h1-13,16-18H,14H2,(H,31,33)/b29-16+. The number of nitrogens with zero attached hydrogens (tertiary/aromatic N) is 4. The summed E-state index contributed by atoms with van der Waals surface area (Å²) in [6.45, 7) is 0. The summed E-state index contributed by atoms with van der Waals surface area (Å²) in [5, 5.41) is 15.0. The van der Waals surface area contributed by atoms with Crippen molar-refractivity contribution < 1.29 is 9.53 Å². The van der Waals surface area contributed by atoms with Crippen LogP contribution in [0.1, 0.15) is 16.8 Å². The summed E-state index contributed by atoms with van der Waals surface area (Å²) in [5.41, 5.74) is 6.55. The Morgan fingerprint density at radius 1 is 1.06 bits per heavy atom. The van der Waals surface area contributed by atoms with Crippen LogP contribution in [0.5, 0.6) is 11.5 Å². The number of para-hydroxylation sites is 1. The number of nitriles is 1. The van der Waals surface area contributed by atoms with Crippen LogP contribution in [-0.2, 0) is 11.2 Å². The smallest absolute Gasteiger partial charge is 0.246 e. The van der Waals surface area contributed by atoms with Crippen LogP contribution < -0.4 is 10.2 Å². The van der Waals surface area contributed by atoms with Crippen LogP contribution in [0, 0.1) is 11.3 Å². The lowest BCUT2D eigenvalue weighted by molar-refractivity contribution is -0.120. The van der Waals surface area contributed by atoms with Gasteiger partial charge in [-0.15, -0.1) is 11.3 Å². The van der Waals surface area contributed by atoms with Crippen LogP contribution in [0.3, 0.4) is 0 Å². The Hall–Kier alpha value is -4.74. The van der Waals surface area contributed by atoms with Crippen molar-refractivity contribution in [1.82, 2.24) is 14.8 Å². The van der Waals surface area contributed by atoms with Crippen molar-refractivity contribution in [3.63, 3.8) is 0 Å². The zero-order valence-corrected chi connectivity index (χ0v) is 19.3. The number of nitrogens with one attached hydrogen (secondary N) is 1. The molecular formula is C27H19N5O2S. The van der Waals surface area contributed by atoms with Gasteiger partial charge >= 0.3 is 0 Å². The number of aromatic nitrogens is 2. The zero-order chi connectivity index (χ0) is 24.0. The van der Waals surface area contributed by atoms with E-state index in [1.165, 1.54) is 11.3 Å². The molecule has 0 atom stereocenters. The molecule has 0 aliphatic heterocycles. The number of amides is 1. The minimum Gasteiger partial charge on any atom is -0.457 e. The van der Waals surface area contributed by atoms with Crippen molar-refractivity contribution in [3.8, 4) is 28.8 Å². The van der Waals surface area contributed by atoms with Crippen molar-refractivity contribution in [1.29, 1.82) is 5.26 Å². The number of hydrogen-bond donors (Lipinski definition) is 1. The summed E-state index contributed by atoms with van der Waals surface area (Å²) in [4.78, 5) is 17.9. The van der Waals surface area contributed by atoms with Gasteiger partial charge < -0.3 is 4.74 Å². The van der Waals surface area contributed by atoms with Crippen molar-refractivity contribution in [3.05, 3.63) is 107 Å². The summed E-state index contributed by atoms with van der Waals surface area (Å²) in [6, 6.07) is 26.4. The number of ether oxygens (including phenoxy) is 1. The monoisotopic (exact) mass is 477 g/mol. The van der Waals surface area contributed by atoms with Crippen LogP contribution in [0.4, 0.5) is 0 Å². The lowest BCUT2D eigenvalue weighted by Crippen LogP contribution is -2.20. The predicted octanol–water partition coefficient (Wildman–Crippen LogP) is 5.42. The van der Waals surface area contributed by atoms with Gasteiger partial charge in [0.2, 0.25) is 5.91 Å². The summed E-state index contributed by atoms with van der Waals surface area (Å²) in [6.07, 6.45) is 3.66. The maximum absolute atomic E-state index is 12.4. The van der Waals surface area contributed by atoms with Crippen LogP contribution >= 0.6 is 11.3 Å². The summed E-state index contributed by atoms with van der Waals surface area (Å²) in [5.74, 6) is 1.27. The lowest BCUT2D eigenvalue weighted by atomic mass is 10.1. The minimum atomic E-state index is -0.224. The number of fused-ring (bicyclic) bond motifs is 1. The van der Waals surface area contributed by atoms with Gasteiger partial charge in [0.05, 0.1) is 30.0 Å². The molecule has 0 aliphatic carbocycles. The molecule has 3 aromatic carbocycles.